The molecule has 2 aliphatic heterocycles. The van der Waals surface area contributed by atoms with Gasteiger partial charge in [-0.25, -0.2) is 0 Å². The number of hydrogen-bond donors (Lipinski definition) is 2. The Hall–Kier alpha value is -3.05. The number of aromatic amines is 1. The van der Waals surface area contributed by atoms with Gasteiger partial charge in [0.2, 0.25) is 0 Å². The molecule has 1 unspecified atom stereocenters. The summed E-state index contributed by atoms with van der Waals surface area (Å²) >= 11 is 0. The average molecular weight is 442 g/mol. The smallest absolute Gasteiger partial charge is 0.0699 e. The van der Waals surface area contributed by atoms with E-state index in [0.717, 1.165) is 50.3 Å². The normalized spacial score (nSPS) is 20.6. The van der Waals surface area contributed by atoms with Crippen LogP contribution >= 0.6 is 0 Å². The third-order valence-corrected chi connectivity index (χ3v) is 7.21. The number of hydrogen-bond acceptors (Lipinski definition) is 4. The summed E-state index contributed by atoms with van der Waals surface area (Å²) in [5, 5.41) is 11.0. The van der Waals surface area contributed by atoms with Gasteiger partial charge in [0.15, 0.2) is 0 Å². The number of benzene rings is 1. The largest absolute Gasteiger partial charge is 0.380 e. The molecule has 1 fully saturated rings. The molecular formula is C28H35N5. The van der Waals surface area contributed by atoms with Gasteiger partial charge in [0.05, 0.1) is 17.9 Å². The maximum atomic E-state index is 4.25. The number of nitrogens with one attached hydrogen (secondary N) is 2. The van der Waals surface area contributed by atoms with E-state index in [1.807, 2.05) is 12.3 Å². The van der Waals surface area contributed by atoms with Crippen LogP contribution in [-0.4, -0.2) is 53.2 Å². The summed E-state index contributed by atoms with van der Waals surface area (Å²) < 4.78 is 0. The van der Waals surface area contributed by atoms with Crippen LogP contribution in [0.4, 0.5) is 0 Å². The van der Waals surface area contributed by atoms with Crippen LogP contribution in [0, 0.1) is 0 Å². The summed E-state index contributed by atoms with van der Waals surface area (Å²) in [6, 6.07) is 7.23. The molecule has 1 saturated heterocycles. The number of piperazine rings is 1. The predicted octanol–water partition coefficient (Wildman–Crippen LogP) is 5.00. The van der Waals surface area contributed by atoms with E-state index in [9.17, 15) is 0 Å². The van der Waals surface area contributed by atoms with Crippen molar-refractivity contribution in [1.29, 1.82) is 0 Å². The van der Waals surface area contributed by atoms with E-state index in [2.05, 4.69) is 82.4 Å². The van der Waals surface area contributed by atoms with Crippen molar-refractivity contribution in [2.75, 3.05) is 33.2 Å². The van der Waals surface area contributed by atoms with Gasteiger partial charge in [0.1, 0.15) is 0 Å². The third-order valence-electron chi connectivity index (χ3n) is 7.21. The molecule has 2 N–H and O–H groups in total. The molecule has 5 heteroatoms. The van der Waals surface area contributed by atoms with E-state index in [-0.39, 0.29) is 6.04 Å². The van der Waals surface area contributed by atoms with Crippen molar-refractivity contribution in [1.82, 2.24) is 25.3 Å². The average Bonchev–Trinajstić information content (AvgIpc) is 3.49. The molecule has 1 aromatic carbocycles. The van der Waals surface area contributed by atoms with Gasteiger partial charge < -0.3 is 15.1 Å². The van der Waals surface area contributed by atoms with E-state index >= 15 is 0 Å². The maximum Gasteiger partial charge on any atom is 0.0699 e. The van der Waals surface area contributed by atoms with Gasteiger partial charge in [-0.3, -0.25) is 5.10 Å². The first kappa shape index (κ1) is 21.8. The molecule has 2 aromatic rings. The van der Waals surface area contributed by atoms with Crippen LogP contribution in [0.1, 0.15) is 60.2 Å². The fourth-order valence-corrected chi connectivity index (χ4v) is 5.17. The Balaban J connectivity index is 1.42. The second kappa shape index (κ2) is 9.44. The molecule has 172 valence electrons. The maximum absolute atomic E-state index is 4.25. The highest BCUT2D eigenvalue weighted by Gasteiger charge is 2.25. The van der Waals surface area contributed by atoms with Crippen molar-refractivity contribution in [3.05, 3.63) is 82.8 Å². The van der Waals surface area contributed by atoms with E-state index in [4.69, 9.17) is 0 Å². The van der Waals surface area contributed by atoms with Crippen molar-refractivity contribution in [2.45, 2.75) is 38.6 Å². The molecule has 0 amide bonds. The van der Waals surface area contributed by atoms with Crippen LogP contribution in [0.15, 0.2) is 54.9 Å². The van der Waals surface area contributed by atoms with Gasteiger partial charge in [-0.05, 0) is 55.2 Å². The van der Waals surface area contributed by atoms with Gasteiger partial charge in [-0.15, -0.1) is 0 Å². The molecular weight excluding hydrogens is 406 g/mol. The lowest BCUT2D eigenvalue weighted by atomic mass is 9.89. The van der Waals surface area contributed by atoms with Crippen LogP contribution in [-0.2, 0) is 6.42 Å². The second-order valence-corrected chi connectivity index (χ2v) is 9.40. The van der Waals surface area contributed by atoms with Crippen LogP contribution in [0.2, 0.25) is 0 Å². The first-order chi connectivity index (χ1) is 16.2. The van der Waals surface area contributed by atoms with Crippen LogP contribution in [0.5, 0.6) is 0 Å². The molecule has 1 aliphatic carbocycles. The minimum atomic E-state index is 0.180. The Morgan fingerprint density at radius 1 is 1.18 bits per heavy atom. The minimum Gasteiger partial charge on any atom is -0.380 e. The molecule has 5 nitrogen and oxygen atoms in total. The standard InChI is InChI=1S/C28H35N5/c1-4-6-7-21-17-27(29-18-24(21)25-19-30-31-26(25)5-2)22-9-8-20-10-11-28(23(20)16-22)33-14-12-32(3)13-15-33/h5,8-9,11,16-19,27,29H,2,4,6-7,10,12-15H2,1,3H3,(H,30,31). The molecule has 3 aliphatic rings. The van der Waals surface area contributed by atoms with Crippen LogP contribution in [0.3, 0.4) is 0 Å². The van der Waals surface area contributed by atoms with Gasteiger partial charge in [0, 0.05) is 54.8 Å². The van der Waals surface area contributed by atoms with Crippen molar-refractivity contribution in [3.63, 3.8) is 0 Å². The Morgan fingerprint density at radius 2 is 2.03 bits per heavy atom. The fourth-order valence-electron chi connectivity index (χ4n) is 5.17. The van der Waals surface area contributed by atoms with Gasteiger partial charge in [-0.2, -0.15) is 5.10 Å². The zero-order valence-electron chi connectivity index (χ0n) is 19.9. The number of rotatable bonds is 7. The first-order valence-corrected chi connectivity index (χ1v) is 12.3. The Kier molecular flexibility index (Phi) is 6.23. The lowest BCUT2D eigenvalue weighted by Crippen LogP contribution is -2.43. The Labute approximate surface area is 197 Å². The fraction of sp³-hybridized carbons (Fsp3) is 0.393. The zero-order valence-corrected chi connectivity index (χ0v) is 19.9. The molecule has 0 saturated carbocycles. The topological polar surface area (TPSA) is 47.2 Å². The van der Waals surface area contributed by atoms with E-state index in [1.165, 1.54) is 46.4 Å². The highest BCUT2D eigenvalue weighted by Crippen LogP contribution is 2.37. The number of nitrogens with zero attached hydrogens (tertiary/aromatic N) is 3. The molecule has 33 heavy (non-hydrogen) atoms. The van der Waals surface area contributed by atoms with Crippen molar-refractivity contribution >= 4 is 17.3 Å². The van der Waals surface area contributed by atoms with Gasteiger partial charge in [-0.1, -0.05) is 44.2 Å². The Bertz CT molecular complexity index is 1110. The quantitative estimate of drug-likeness (QED) is 0.635. The molecule has 0 spiro atoms. The predicted molar refractivity (Wildman–Crippen MR) is 137 cm³/mol. The molecule has 1 aromatic heterocycles. The van der Waals surface area contributed by atoms with Crippen molar-refractivity contribution < 1.29 is 0 Å². The molecule has 3 heterocycles. The zero-order chi connectivity index (χ0) is 22.8. The molecule has 0 radical (unpaired) electrons. The van der Waals surface area contributed by atoms with Crippen LogP contribution < -0.4 is 5.32 Å². The van der Waals surface area contributed by atoms with E-state index < -0.39 is 0 Å². The number of allylic oxidation sites excluding steroid dienone is 3. The summed E-state index contributed by atoms with van der Waals surface area (Å²) in [6.45, 7) is 10.7. The number of fused-ring (bicyclic) bond motifs is 1. The van der Waals surface area contributed by atoms with Crippen molar-refractivity contribution in [2.24, 2.45) is 0 Å². The van der Waals surface area contributed by atoms with Gasteiger partial charge >= 0.3 is 0 Å². The number of aromatic nitrogens is 2. The summed E-state index contributed by atoms with van der Waals surface area (Å²) in [4.78, 5) is 4.99. The van der Waals surface area contributed by atoms with Crippen LogP contribution in [0.25, 0.3) is 17.3 Å². The van der Waals surface area contributed by atoms with E-state index in [0.29, 0.717) is 0 Å². The second-order valence-electron chi connectivity index (χ2n) is 9.40. The molecule has 0 bridgehead atoms. The summed E-state index contributed by atoms with van der Waals surface area (Å²) in [5.74, 6) is 0. The number of unbranched alkanes of at least 4 members (excludes halogenated alkanes) is 1. The van der Waals surface area contributed by atoms with Gasteiger partial charge in [0.25, 0.3) is 0 Å². The highest BCUT2D eigenvalue weighted by atomic mass is 15.3. The SMILES string of the molecule is C=Cc1[nH]ncc1C1=CNC(c2ccc3c(c2)C(N2CCN(C)CC2)=CC3)C=C1CCCC. The van der Waals surface area contributed by atoms with E-state index in [1.54, 1.807) is 0 Å². The summed E-state index contributed by atoms with van der Waals surface area (Å²) in [6.07, 6.45) is 15.2. The lowest BCUT2D eigenvalue weighted by Gasteiger charge is -2.35. The third kappa shape index (κ3) is 4.30. The summed E-state index contributed by atoms with van der Waals surface area (Å²) in [7, 11) is 2.22. The number of H-pyrrole nitrogens is 1. The number of dihydropyridines is 1. The summed E-state index contributed by atoms with van der Waals surface area (Å²) in [5.41, 5.74) is 10.3. The molecule has 1 atom stereocenters. The monoisotopic (exact) mass is 441 g/mol. The minimum absolute atomic E-state index is 0.180. The lowest BCUT2D eigenvalue weighted by molar-refractivity contribution is 0.207. The number of likely N-dealkylation sites (N-methyl/N-ethyl adjacent to an activating group) is 1. The first-order valence-electron chi connectivity index (χ1n) is 12.3. The Morgan fingerprint density at radius 3 is 2.82 bits per heavy atom. The highest BCUT2D eigenvalue weighted by molar-refractivity contribution is 5.83. The van der Waals surface area contributed by atoms with Crippen molar-refractivity contribution in [3.8, 4) is 0 Å². The molecule has 5 rings (SSSR count).